The molecule has 0 radical (unpaired) electrons. The van der Waals surface area contributed by atoms with E-state index in [9.17, 15) is 14.4 Å². The Labute approximate surface area is 148 Å². The minimum Gasteiger partial charge on any atom is -0.456 e. The first-order valence-corrected chi connectivity index (χ1v) is 8.39. The first-order chi connectivity index (χ1) is 12.0. The van der Waals surface area contributed by atoms with Gasteiger partial charge < -0.3 is 19.5 Å². The van der Waals surface area contributed by atoms with Crippen LogP contribution in [0.15, 0.2) is 21.3 Å². The van der Waals surface area contributed by atoms with Gasteiger partial charge in [-0.15, -0.1) is 0 Å². The van der Waals surface area contributed by atoms with Gasteiger partial charge in [-0.05, 0) is 11.4 Å². The number of nitrogens with zero attached hydrogens (tertiary/aromatic N) is 3. The highest BCUT2D eigenvalue weighted by atomic mass is 32.1. The van der Waals surface area contributed by atoms with Crippen molar-refractivity contribution in [3.8, 4) is 11.4 Å². The van der Waals surface area contributed by atoms with Crippen molar-refractivity contribution in [2.45, 2.75) is 12.8 Å². The van der Waals surface area contributed by atoms with Crippen molar-refractivity contribution in [3.63, 3.8) is 0 Å². The van der Waals surface area contributed by atoms with Crippen LogP contribution in [0, 0.1) is 0 Å². The van der Waals surface area contributed by atoms with Crippen LogP contribution in [0.2, 0.25) is 0 Å². The van der Waals surface area contributed by atoms with E-state index in [4.69, 9.17) is 9.26 Å². The Kier molecular flexibility index (Phi) is 6.63. The van der Waals surface area contributed by atoms with Crippen molar-refractivity contribution in [2.24, 2.45) is 0 Å². The Balaban J connectivity index is 1.72. The first kappa shape index (κ1) is 18.6. The van der Waals surface area contributed by atoms with E-state index in [1.807, 2.05) is 16.8 Å². The molecule has 2 rings (SSSR count). The van der Waals surface area contributed by atoms with Crippen LogP contribution in [0.25, 0.3) is 11.4 Å². The summed E-state index contributed by atoms with van der Waals surface area (Å²) in [5.74, 6) is -0.539. The second-order valence-corrected chi connectivity index (χ2v) is 5.89. The Hall–Kier alpha value is -2.75. The zero-order chi connectivity index (χ0) is 18.2. The highest BCUT2D eigenvalue weighted by Crippen LogP contribution is 2.18. The number of aryl methyl sites for hydroxylation is 1. The lowest BCUT2D eigenvalue weighted by Crippen LogP contribution is -2.39. The summed E-state index contributed by atoms with van der Waals surface area (Å²) in [6.45, 7) is -0.517. The fraction of sp³-hybridized carbons (Fsp3) is 0.400. The standard InChI is InChI=1S/C15H18N4O5S/c1-16-11(20)7-19(2)13(21)8-23-14(22)4-3-12-17-15(18-24-12)10-5-6-25-9-10/h5-6,9H,3-4,7-8H2,1-2H3,(H,16,20). The molecule has 2 aromatic heterocycles. The Morgan fingerprint density at radius 3 is 2.88 bits per heavy atom. The van der Waals surface area contributed by atoms with E-state index in [1.54, 1.807) is 0 Å². The fourth-order valence-electron chi connectivity index (χ4n) is 1.78. The SMILES string of the molecule is CNC(=O)CN(C)C(=O)COC(=O)CCc1nc(-c2ccsc2)no1. The van der Waals surface area contributed by atoms with Gasteiger partial charge in [0, 0.05) is 31.5 Å². The minimum atomic E-state index is -0.558. The molecule has 0 spiro atoms. The molecule has 0 aromatic carbocycles. The molecule has 2 aromatic rings. The molecule has 0 aliphatic rings. The van der Waals surface area contributed by atoms with Crippen LogP contribution < -0.4 is 5.32 Å². The van der Waals surface area contributed by atoms with Crippen LogP contribution in [0.3, 0.4) is 0 Å². The number of likely N-dealkylation sites (N-methyl/N-ethyl adjacent to an activating group) is 2. The summed E-state index contributed by atoms with van der Waals surface area (Å²) in [7, 11) is 2.93. The number of carbonyl (C=O) groups is 3. The average Bonchev–Trinajstić information content (AvgIpc) is 3.28. The molecule has 0 aliphatic carbocycles. The maximum atomic E-state index is 11.7. The quantitative estimate of drug-likeness (QED) is 0.676. The second kappa shape index (κ2) is 8.92. The largest absolute Gasteiger partial charge is 0.456 e. The zero-order valence-corrected chi connectivity index (χ0v) is 14.7. The molecule has 0 bridgehead atoms. The summed E-state index contributed by atoms with van der Waals surface area (Å²) in [4.78, 5) is 40.0. The molecule has 134 valence electrons. The molecular formula is C15H18N4O5S. The van der Waals surface area contributed by atoms with Gasteiger partial charge in [-0.25, -0.2) is 0 Å². The Morgan fingerprint density at radius 2 is 2.20 bits per heavy atom. The lowest BCUT2D eigenvalue weighted by Gasteiger charge is -2.15. The third kappa shape index (κ3) is 5.68. The van der Waals surface area contributed by atoms with Gasteiger partial charge in [0.25, 0.3) is 5.91 Å². The molecule has 25 heavy (non-hydrogen) atoms. The van der Waals surface area contributed by atoms with Crippen LogP contribution >= 0.6 is 11.3 Å². The number of carbonyl (C=O) groups excluding carboxylic acids is 3. The van der Waals surface area contributed by atoms with E-state index in [1.165, 1.54) is 30.3 Å². The van der Waals surface area contributed by atoms with Crippen molar-refractivity contribution in [1.82, 2.24) is 20.4 Å². The van der Waals surface area contributed by atoms with Crippen molar-refractivity contribution in [2.75, 3.05) is 27.2 Å². The van der Waals surface area contributed by atoms with Crippen LogP contribution in [0.4, 0.5) is 0 Å². The summed E-state index contributed by atoms with van der Waals surface area (Å²) in [6, 6.07) is 1.87. The number of amides is 2. The number of hydrogen-bond donors (Lipinski definition) is 1. The highest BCUT2D eigenvalue weighted by molar-refractivity contribution is 7.08. The van der Waals surface area contributed by atoms with Gasteiger partial charge in [-0.3, -0.25) is 14.4 Å². The van der Waals surface area contributed by atoms with Crippen molar-refractivity contribution >= 4 is 29.1 Å². The number of nitrogens with one attached hydrogen (secondary N) is 1. The maximum Gasteiger partial charge on any atom is 0.306 e. The molecule has 9 nitrogen and oxygen atoms in total. The second-order valence-electron chi connectivity index (χ2n) is 5.11. The lowest BCUT2D eigenvalue weighted by atomic mass is 10.3. The molecule has 1 N–H and O–H groups in total. The number of aromatic nitrogens is 2. The van der Waals surface area contributed by atoms with Crippen LogP contribution in [0.1, 0.15) is 12.3 Å². The number of esters is 1. The number of ether oxygens (including phenoxy) is 1. The molecular weight excluding hydrogens is 348 g/mol. The van der Waals surface area contributed by atoms with E-state index >= 15 is 0 Å². The van der Waals surface area contributed by atoms with Crippen LogP contribution in [-0.2, 0) is 25.5 Å². The van der Waals surface area contributed by atoms with Gasteiger partial charge in [-0.2, -0.15) is 16.3 Å². The average molecular weight is 366 g/mol. The third-order valence-electron chi connectivity index (χ3n) is 3.23. The molecule has 0 saturated carbocycles. The van der Waals surface area contributed by atoms with Crippen molar-refractivity contribution < 1.29 is 23.6 Å². The van der Waals surface area contributed by atoms with Crippen molar-refractivity contribution in [1.29, 1.82) is 0 Å². The van der Waals surface area contributed by atoms with E-state index in [2.05, 4.69) is 15.5 Å². The number of hydrogen-bond acceptors (Lipinski definition) is 8. The lowest BCUT2D eigenvalue weighted by molar-refractivity contribution is -0.152. The third-order valence-corrected chi connectivity index (χ3v) is 3.92. The van der Waals surface area contributed by atoms with Crippen molar-refractivity contribution in [3.05, 3.63) is 22.7 Å². The molecule has 0 atom stereocenters. The Morgan fingerprint density at radius 1 is 1.40 bits per heavy atom. The minimum absolute atomic E-state index is 0.0116. The van der Waals surface area contributed by atoms with Gasteiger partial charge in [0.2, 0.25) is 17.6 Å². The van der Waals surface area contributed by atoms with Crippen LogP contribution in [-0.4, -0.2) is 60.1 Å². The summed E-state index contributed by atoms with van der Waals surface area (Å²) in [6.07, 6.45) is 0.232. The van der Waals surface area contributed by atoms with E-state index in [0.717, 1.165) is 5.56 Å². The molecule has 0 saturated heterocycles. The molecule has 0 unspecified atom stereocenters. The highest BCUT2D eigenvalue weighted by Gasteiger charge is 2.16. The predicted molar refractivity (Wildman–Crippen MR) is 88.6 cm³/mol. The summed E-state index contributed by atoms with van der Waals surface area (Å²) in [5.41, 5.74) is 0.854. The molecule has 10 heteroatoms. The first-order valence-electron chi connectivity index (χ1n) is 7.45. The maximum absolute atomic E-state index is 11.7. The van der Waals surface area contributed by atoms with E-state index < -0.39 is 18.5 Å². The topological polar surface area (TPSA) is 115 Å². The van der Waals surface area contributed by atoms with Crippen LogP contribution in [0.5, 0.6) is 0 Å². The monoisotopic (exact) mass is 366 g/mol. The fourth-order valence-corrected chi connectivity index (χ4v) is 2.42. The van der Waals surface area contributed by atoms with Gasteiger partial charge in [0.15, 0.2) is 6.61 Å². The molecule has 0 fully saturated rings. The number of rotatable bonds is 8. The summed E-state index contributed by atoms with van der Waals surface area (Å²) >= 11 is 1.52. The summed E-state index contributed by atoms with van der Waals surface area (Å²) in [5, 5.41) is 10.0. The molecule has 2 amide bonds. The molecule has 2 heterocycles. The normalized spacial score (nSPS) is 10.3. The van der Waals surface area contributed by atoms with E-state index in [0.29, 0.717) is 11.7 Å². The Bertz CT molecular complexity index is 728. The summed E-state index contributed by atoms with van der Waals surface area (Å²) < 4.78 is 9.97. The van der Waals surface area contributed by atoms with Gasteiger partial charge in [-0.1, -0.05) is 5.16 Å². The van der Waals surface area contributed by atoms with Gasteiger partial charge >= 0.3 is 5.97 Å². The zero-order valence-electron chi connectivity index (χ0n) is 13.9. The predicted octanol–water partition coefficient (Wildman–Crippen LogP) is 0.478. The van der Waals surface area contributed by atoms with E-state index in [-0.39, 0.29) is 25.3 Å². The molecule has 0 aliphatic heterocycles. The smallest absolute Gasteiger partial charge is 0.306 e. The number of thiophene rings is 1. The van der Waals surface area contributed by atoms with Gasteiger partial charge in [0.1, 0.15) is 0 Å². The van der Waals surface area contributed by atoms with Gasteiger partial charge in [0.05, 0.1) is 13.0 Å².